The monoisotopic (exact) mass is 293 g/mol. The number of hydrogen-bond acceptors (Lipinski definition) is 3. The molecule has 0 saturated heterocycles. The van der Waals surface area contributed by atoms with E-state index >= 15 is 0 Å². The fourth-order valence-corrected chi connectivity index (χ4v) is 4.66. The number of rotatable bonds is 3. The van der Waals surface area contributed by atoms with Crippen molar-refractivity contribution in [2.45, 2.75) is 37.4 Å². The van der Waals surface area contributed by atoms with Crippen molar-refractivity contribution in [3.63, 3.8) is 0 Å². The molecule has 2 aromatic rings. The Morgan fingerprint density at radius 1 is 1.47 bits per heavy atom. The predicted molar refractivity (Wildman–Crippen MR) is 81.3 cm³/mol. The first-order valence-electron chi connectivity index (χ1n) is 6.51. The Morgan fingerprint density at radius 3 is 3.00 bits per heavy atom. The van der Waals surface area contributed by atoms with E-state index in [0.717, 1.165) is 28.2 Å². The van der Waals surface area contributed by atoms with Crippen molar-refractivity contribution in [3.8, 4) is 0 Å². The molecule has 3 nitrogen and oxygen atoms in total. The topological polar surface area (TPSA) is 36.1 Å². The van der Waals surface area contributed by atoms with E-state index in [4.69, 9.17) is 0 Å². The lowest BCUT2D eigenvalue weighted by molar-refractivity contribution is -0.404. The van der Waals surface area contributed by atoms with Gasteiger partial charge in [-0.05, 0) is 49.3 Å². The smallest absolute Gasteiger partial charge is 0.241 e. The second-order valence-corrected chi connectivity index (χ2v) is 6.65. The van der Waals surface area contributed by atoms with Crippen molar-refractivity contribution in [2.75, 3.05) is 6.26 Å². The summed E-state index contributed by atoms with van der Waals surface area (Å²) in [7, 11) is 0. The molecule has 0 aliphatic heterocycles. The fourth-order valence-electron chi connectivity index (χ4n) is 2.73. The minimum absolute atomic E-state index is 0.136. The van der Waals surface area contributed by atoms with Gasteiger partial charge < -0.3 is 0 Å². The standard InChI is InChI=1S/C14H16N2OS2/c1-3-8-16-13(17)11-9-6-4-5-7-10(9)19-12(11)15-14(16)18-2/h3H,1,4-8H2,2H3/p+1. The number of thiophene rings is 1. The Morgan fingerprint density at radius 2 is 2.26 bits per heavy atom. The molecule has 0 aromatic carbocycles. The zero-order valence-electron chi connectivity index (χ0n) is 11.0. The van der Waals surface area contributed by atoms with Crippen LogP contribution in [0.2, 0.25) is 0 Å². The first kappa shape index (κ1) is 12.9. The minimum atomic E-state index is 0.136. The second kappa shape index (κ2) is 5.13. The number of allylic oxidation sites excluding steroid dienone is 1. The maximum Gasteiger partial charge on any atom is 0.347 e. The van der Waals surface area contributed by atoms with Gasteiger partial charge in [0.2, 0.25) is 0 Å². The number of nitrogens with one attached hydrogen (secondary N) is 1. The molecule has 0 unspecified atom stereocenters. The number of aromatic amines is 1. The Labute approximate surface area is 120 Å². The molecule has 1 aliphatic carbocycles. The molecular weight excluding hydrogens is 276 g/mol. The third-order valence-corrected chi connectivity index (χ3v) is 5.52. The maximum atomic E-state index is 12.7. The summed E-state index contributed by atoms with van der Waals surface area (Å²) in [4.78, 5) is 18.6. The number of fused-ring (bicyclic) bond motifs is 3. The summed E-state index contributed by atoms with van der Waals surface area (Å²) in [5.74, 6) is 0. The third kappa shape index (κ3) is 2.05. The molecule has 2 aromatic heterocycles. The highest BCUT2D eigenvalue weighted by atomic mass is 32.2. The molecule has 3 rings (SSSR count). The van der Waals surface area contributed by atoms with Gasteiger partial charge in [0.05, 0.1) is 0 Å². The van der Waals surface area contributed by atoms with Crippen LogP contribution in [-0.2, 0) is 19.4 Å². The highest BCUT2D eigenvalue weighted by Gasteiger charge is 2.25. The number of aryl methyl sites for hydroxylation is 2. The van der Waals surface area contributed by atoms with Crippen molar-refractivity contribution in [1.29, 1.82) is 0 Å². The van der Waals surface area contributed by atoms with Crippen molar-refractivity contribution in [2.24, 2.45) is 0 Å². The van der Waals surface area contributed by atoms with E-state index in [1.807, 2.05) is 6.26 Å². The molecule has 0 fully saturated rings. The first-order chi connectivity index (χ1) is 9.26. The molecule has 0 spiro atoms. The number of hydrogen-bond donors (Lipinski definition) is 0. The van der Waals surface area contributed by atoms with Gasteiger partial charge in [-0.1, -0.05) is 24.0 Å². The summed E-state index contributed by atoms with van der Waals surface area (Å²) < 4.78 is 1.79. The van der Waals surface area contributed by atoms with Crippen LogP contribution >= 0.6 is 23.1 Å². The van der Waals surface area contributed by atoms with Crippen LogP contribution in [0.4, 0.5) is 0 Å². The Balaban J connectivity index is 2.34. The van der Waals surface area contributed by atoms with E-state index in [1.54, 1.807) is 33.7 Å². The Hall–Kier alpha value is -1.07. The summed E-state index contributed by atoms with van der Waals surface area (Å²) in [6, 6.07) is 0. The molecule has 100 valence electrons. The third-order valence-electron chi connectivity index (χ3n) is 3.60. The highest BCUT2D eigenvalue weighted by molar-refractivity contribution is 7.98. The van der Waals surface area contributed by atoms with Gasteiger partial charge in [0.25, 0.3) is 0 Å². The van der Waals surface area contributed by atoms with Crippen LogP contribution in [0.1, 0.15) is 23.3 Å². The van der Waals surface area contributed by atoms with Crippen molar-refractivity contribution in [1.82, 2.24) is 4.57 Å². The largest absolute Gasteiger partial charge is 0.347 e. The Kier molecular flexibility index (Phi) is 3.50. The van der Waals surface area contributed by atoms with Gasteiger partial charge in [-0.25, -0.2) is 9.78 Å². The predicted octanol–water partition coefficient (Wildman–Crippen LogP) is 2.66. The molecule has 0 radical (unpaired) electrons. The summed E-state index contributed by atoms with van der Waals surface area (Å²) >= 11 is 3.34. The van der Waals surface area contributed by atoms with Gasteiger partial charge in [0.1, 0.15) is 11.9 Å². The van der Waals surface area contributed by atoms with E-state index in [1.165, 1.54) is 23.3 Å². The van der Waals surface area contributed by atoms with Crippen LogP contribution < -0.4 is 10.5 Å². The van der Waals surface area contributed by atoms with Crippen LogP contribution in [0.5, 0.6) is 0 Å². The number of H-pyrrole nitrogens is 1. The molecule has 1 aliphatic rings. The Bertz CT molecular complexity index is 700. The quantitative estimate of drug-likeness (QED) is 0.495. The van der Waals surface area contributed by atoms with Gasteiger partial charge in [-0.15, -0.1) is 0 Å². The molecule has 2 heterocycles. The van der Waals surface area contributed by atoms with Crippen molar-refractivity contribution < 1.29 is 4.98 Å². The van der Waals surface area contributed by atoms with Crippen LogP contribution in [0, 0.1) is 0 Å². The summed E-state index contributed by atoms with van der Waals surface area (Å²) in [5, 5.41) is 1.83. The number of thioether (sulfide) groups is 1. The first-order valence-corrected chi connectivity index (χ1v) is 8.55. The highest BCUT2D eigenvalue weighted by Crippen LogP contribution is 2.33. The molecule has 5 heteroatoms. The lowest BCUT2D eigenvalue weighted by Gasteiger charge is -2.09. The average Bonchev–Trinajstić information content (AvgIpc) is 2.80. The molecule has 0 atom stereocenters. The van der Waals surface area contributed by atoms with Gasteiger partial charge in [-0.3, -0.25) is 0 Å². The van der Waals surface area contributed by atoms with E-state index in [0.29, 0.717) is 6.54 Å². The zero-order valence-corrected chi connectivity index (χ0v) is 12.6. The fraction of sp³-hybridized carbons (Fsp3) is 0.429. The van der Waals surface area contributed by atoms with E-state index < -0.39 is 0 Å². The van der Waals surface area contributed by atoms with Crippen molar-refractivity contribution >= 4 is 33.3 Å². The van der Waals surface area contributed by atoms with Crippen LogP contribution in [0.3, 0.4) is 0 Å². The molecule has 0 saturated carbocycles. The van der Waals surface area contributed by atoms with Gasteiger partial charge in [0, 0.05) is 4.88 Å². The summed E-state index contributed by atoms with van der Waals surface area (Å²) in [6.07, 6.45) is 8.38. The lowest BCUT2D eigenvalue weighted by atomic mass is 9.97. The normalized spacial score (nSPS) is 14.6. The SMILES string of the molecule is C=CCn1c(SC)[nH+]c2sc3c(c2c1=O)CCCC3. The summed E-state index contributed by atoms with van der Waals surface area (Å²) in [5.41, 5.74) is 1.43. The van der Waals surface area contributed by atoms with Crippen LogP contribution in [-0.4, -0.2) is 10.8 Å². The minimum Gasteiger partial charge on any atom is -0.241 e. The average molecular weight is 293 g/mol. The van der Waals surface area contributed by atoms with Gasteiger partial charge in [-0.2, -0.15) is 4.57 Å². The summed E-state index contributed by atoms with van der Waals surface area (Å²) in [6.45, 7) is 4.31. The second-order valence-electron chi connectivity index (χ2n) is 4.75. The zero-order chi connectivity index (χ0) is 13.4. The molecule has 0 bridgehead atoms. The van der Waals surface area contributed by atoms with E-state index in [2.05, 4.69) is 11.6 Å². The molecular formula is C14H17N2OS2+. The van der Waals surface area contributed by atoms with E-state index in [9.17, 15) is 4.79 Å². The van der Waals surface area contributed by atoms with Gasteiger partial charge in [0.15, 0.2) is 4.83 Å². The molecule has 1 N–H and O–H groups in total. The molecule has 0 amide bonds. The van der Waals surface area contributed by atoms with Crippen LogP contribution in [0.25, 0.3) is 10.2 Å². The van der Waals surface area contributed by atoms with Crippen LogP contribution in [0.15, 0.2) is 22.6 Å². The number of nitrogens with zero attached hydrogens (tertiary/aromatic N) is 1. The van der Waals surface area contributed by atoms with E-state index in [-0.39, 0.29) is 5.56 Å². The lowest BCUT2D eigenvalue weighted by Crippen LogP contribution is -2.29. The maximum absolute atomic E-state index is 12.7. The number of aromatic nitrogens is 2. The van der Waals surface area contributed by atoms with Crippen molar-refractivity contribution in [3.05, 3.63) is 33.4 Å². The van der Waals surface area contributed by atoms with Gasteiger partial charge >= 0.3 is 10.7 Å². The molecule has 19 heavy (non-hydrogen) atoms.